The summed E-state index contributed by atoms with van der Waals surface area (Å²) >= 11 is 0. The average molecular weight is 171 g/mol. The quantitative estimate of drug-likeness (QED) is 0.449. The third-order valence-electron chi connectivity index (χ3n) is 2.17. The second kappa shape index (κ2) is 8.72. The van der Waals surface area contributed by atoms with Gasteiger partial charge in [0, 0.05) is 12.5 Å². The smallest absolute Gasteiger partial charge is 0.119 e. The standard InChI is InChI=1S/C10H21NO/c1-2-10(11)8-6-4-3-5-7-9-12/h9-10H,2-8,11H2,1H3. The van der Waals surface area contributed by atoms with Gasteiger partial charge in [0.15, 0.2) is 0 Å². The Labute approximate surface area is 75.5 Å². The zero-order valence-electron chi connectivity index (χ0n) is 8.09. The molecule has 1 unspecified atom stereocenters. The lowest BCUT2D eigenvalue weighted by molar-refractivity contribution is -0.107. The Kier molecular flexibility index (Phi) is 8.46. The molecule has 1 atom stereocenters. The Morgan fingerprint density at radius 2 is 1.92 bits per heavy atom. The van der Waals surface area contributed by atoms with Gasteiger partial charge in [-0.15, -0.1) is 0 Å². The molecule has 0 aliphatic heterocycles. The Morgan fingerprint density at radius 1 is 1.25 bits per heavy atom. The van der Waals surface area contributed by atoms with Crippen molar-refractivity contribution in [3.05, 3.63) is 0 Å². The lowest BCUT2D eigenvalue weighted by Gasteiger charge is -2.06. The first kappa shape index (κ1) is 11.6. The Bertz CT molecular complexity index is 104. The van der Waals surface area contributed by atoms with Crippen LogP contribution in [0.4, 0.5) is 0 Å². The summed E-state index contributed by atoms with van der Waals surface area (Å²) in [7, 11) is 0. The molecule has 0 aliphatic rings. The van der Waals surface area contributed by atoms with Crippen LogP contribution in [0.3, 0.4) is 0 Å². The Hall–Kier alpha value is -0.370. The van der Waals surface area contributed by atoms with E-state index < -0.39 is 0 Å². The lowest BCUT2D eigenvalue weighted by atomic mass is 10.1. The van der Waals surface area contributed by atoms with Gasteiger partial charge in [-0.3, -0.25) is 0 Å². The minimum Gasteiger partial charge on any atom is -0.328 e. The van der Waals surface area contributed by atoms with E-state index in [-0.39, 0.29) is 0 Å². The molecule has 12 heavy (non-hydrogen) atoms. The first-order chi connectivity index (χ1) is 5.81. The summed E-state index contributed by atoms with van der Waals surface area (Å²) in [5.41, 5.74) is 5.76. The Morgan fingerprint density at radius 3 is 2.50 bits per heavy atom. The van der Waals surface area contributed by atoms with Crippen molar-refractivity contribution in [2.75, 3.05) is 0 Å². The van der Waals surface area contributed by atoms with E-state index in [2.05, 4.69) is 6.92 Å². The summed E-state index contributed by atoms with van der Waals surface area (Å²) in [6.45, 7) is 2.12. The van der Waals surface area contributed by atoms with Gasteiger partial charge in [0.25, 0.3) is 0 Å². The molecule has 0 amide bonds. The second-order valence-corrected chi connectivity index (χ2v) is 3.33. The molecule has 0 saturated carbocycles. The number of carbonyl (C=O) groups is 1. The molecule has 0 fully saturated rings. The van der Waals surface area contributed by atoms with Gasteiger partial charge >= 0.3 is 0 Å². The number of nitrogens with two attached hydrogens (primary N) is 1. The van der Waals surface area contributed by atoms with E-state index >= 15 is 0 Å². The SMILES string of the molecule is CCC(N)CCCCCCC=O. The monoisotopic (exact) mass is 171 g/mol. The molecule has 0 aliphatic carbocycles. The summed E-state index contributed by atoms with van der Waals surface area (Å²) < 4.78 is 0. The van der Waals surface area contributed by atoms with Crippen LogP contribution in [0.25, 0.3) is 0 Å². The lowest BCUT2D eigenvalue weighted by Crippen LogP contribution is -2.17. The number of hydrogen-bond acceptors (Lipinski definition) is 2. The summed E-state index contributed by atoms with van der Waals surface area (Å²) in [5.74, 6) is 0. The first-order valence-electron chi connectivity index (χ1n) is 5.00. The van der Waals surface area contributed by atoms with Gasteiger partial charge < -0.3 is 10.5 Å². The zero-order valence-corrected chi connectivity index (χ0v) is 8.09. The summed E-state index contributed by atoms with van der Waals surface area (Å²) in [4.78, 5) is 9.97. The van der Waals surface area contributed by atoms with Crippen LogP contribution in [0.5, 0.6) is 0 Å². The predicted octanol–water partition coefficient (Wildman–Crippen LogP) is 2.26. The highest BCUT2D eigenvalue weighted by atomic mass is 16.1. The van der Waals surface area contributed by atoms with Crippen LogP contribution < -0.4 is 5.73 Å². The molecular weight excluding hydrogens is 150 g/mol. The molecule has 0 aromatic heterocycles. The van der Waals surface area contributed by atoms with E-state index in [0.29, 0.717) is 6.04 Å². The predicted molar refractivity (Wildman–Crippen MR) is 52.0 cm³/mol. The molecule has 72 valence electrons. The highest BCUT2D eigenvalue weighted by molar-refractivity contribution is 5.48. The van der Waals surface area contributed by atoms with Crippen molar-refractivity contribution < 1.29 is 4.79 Å². The topological polar surface area (TPSA) is 43.1 Å². The fraction of sp³-hybridized carbons (Fsp3) is 0.900. The van der Waals surface area contributed by atoms with Gasteiger partial charge in [-0.1, -0.05) is 26.2 Å². The number of rotatable bonds is 8. The molecule has 2 nitrogen and oxygen atoms in total. The van der Waals surface area contributed by atoms with E-state index in [0.717, 1.165) is 32.0 Å². The molecule has 2 N–H and O–H groups in total. The fourth-order valence-electron chi connectivity index (χ4n) is 1.19. The Balaban J connectivity index is 2.95. The average Bonchev–Trinajstić information content (AvgIpc) is 2.10. The normalized spacial score (nSPS) is 12.8. The molecule has 2 heteroatoms. The van der Waals surface area contributed by atoms with Gasteiger partial charge in [-0.25, -0.2) is 0 Å². The van der Waals surface area contributed by atoms with E-state index in [1.165, 1.54) is 19.3 Å². The second-order valence-electron chi connectivity index (χ2n) is 3.33. The number of carbonyl (C=O) groups excluding carboxylic acids is 1. The minimum atomic E-state index is 0.385. The van der Waals surface area contributed by atoms with Gasteiger partial charge in [0.05, 0.1) is 0 Å². The number of aldehydes is 1. The van der Waals surface area contributed by atoms with E-state index in [1.54, 1.807) is 0 Å². The maximum absolute atomic E-state index is 9.97. The third kappa shape index (κ3) is 7.73. The van der Waals surface area contributed by atoms with Crippen LogP contribution in [0.2, 0.25) is 0 Å². The highest BCUT2D eigenvalue weighted by Crippen LogP contribution is 2.06. The van der Waals surface area contributed by atoms with Gasteiger partial charge in [0.1, 0.15) is 6.29 Å². The molecule has 0 rings (SSSR count). The van der Waals surface area contributed by atoms with Gasteiger partial charge in [-0.2, -0.15) is 0 Å². The van der Waals surface area contributed by atoms with E-state index in [4.69, 9.17) is 5.73 Å². The summed E-state index contributed by atoms with van der Waals surface area (Å²) in [6.07, 6.45) is 8.60. The molecule has 0 spiro atoms. The number of unbranched alkanes of at least 4 members (excludes halogenated alkanes) is 4. The largest absolute Gasteiger partial charge is 0.328 e. The maximum atomic E-state index is 9.97. The number of hydrogen-bond donors (Lipinski definition) is 1. The molecule has 0 bridgehead atoms. The van der Waals surface area contributed by atoms with Crippen LogP contribution >= 0.6 is 0 Å². The fourth-order valence-corrected chi connectivity index (χ4v) is 1.19. The zero-order chi connectivity index (χ0) is 9.23. The molecule has 0 aromatic carbocycles. The minimum absolute atomic E-state index is 0.385. The van der Waals surface area contributed by atoms with Crippen molar-refractivity contribution >= 4 is 6.29 Å². The van der Waals surface area contributed by atoms with Crippen molar-refractivity contribution in [3.63, 3.8) is 0 Å². The molecule has 0 radical (unpaired) electrons. The summed E-state index contributed by atoms with van der Waals surface area (Å²) in [6, 6.07) is 0.385. The van der Waals surface area contributed by atoms with Crippen molar-refractivity contribution in [1.82, 2.24) is 0 Å². The van der Waals surface area contributed by atoms with Gasteiger partial charge in [0.2, 0.25) is 0 Å². The van der Waals surface area contributed by atoms with E-state index in [1.807, 2.05) is 0 Å². The van der Waals surface area contributed by atoms with Crippen LogP contribution in [0, 0.1) is 0 Å². The first-order valence-corrected chi connectivity index (χ1v) is 5.00. The molecule has 0 aromatic rings. The third-order valence-corrected chi connectivity index (χ3v) is 2.17. The van der Waals surface area contributed by atoms with E-state index in [9.17, 15) is 4.79 Å². The van der Waals surface area contributed by atoms with Crippen LogP contribution in [0.15, 0.2) is 0 Å². The van der Waals surface area contributed by atoms with Crippen molar-refractivity contribution in [3.8, 4) is 0 Å². The van der Waals surface area contributed by atoms with Crippen molar-refractivity contribution in [2.24, 2.45) is 5.73 Å². The molecular formula is C10H21NO. The molecule has 0 heterocycles. The molecule has 0 saturated heterocycles. The van der Waals surface area contributed by atoms with Crippen LogP contribution in [0.1, 0.15) is 51.9 Å². The summed E-state index contributed by atoms with van der Waals surface area (Å²) in [5, 5.41) is 0. The van der Waals surface area contributed by atoms with Crippen LogP contribution in [-0.2, 0) is 4.79 Å². The maximum Gasteiger partial charge on any atom is 0.119 e. The van der Waals surface area contributed by atoms with Gasteiger partial charge in [-0.05, 0) is 19.3 Å². The van der Waals surface area contributed by atoms with Crippen molar-refractivity contribution in [2.45, 2.75) is 57.9 Å². The van der Waals surface area contributed by atoms with Crippen molar-refractivity contribution in [1.29, 1.82) is 0 Å². The van der Waals surface area contributed by atoms with Crippen LogP contribution in [-0.4, -0.2) is 12.3 Å². The highest BCUT2D eigenvalue weighted by Gasteiger charge is 1.97.